The van der Waals surface area contributed by atoms with E-state index in [-0.39, 0.29) is 6.61 Å². The number of hydrogen-bond acceptors (Lipinski definition) is 3. The summed E-state index contributed by atoms with van der Waals surface area (Å²) in [7, 11) is 0. The summed E-state index contributed by atoms with van der Waals surface area (Å²) in [6.45, 7) is 2.58. The third kappa shape index (κ3) is 3.03. The third-order valence-corrected chi connectivity index (χ3v) is 5.08. The SMILES string of the molecule is OCc1ccccc1C1=CC2COCC(C1)N2Cc1ccccc1. The first kappa shape index (κ1) is 15.6. The lowest BCUT2D eigenvalue weighted by molar-refractivity contribution is -0.0402. The number of benzene rings is 2. The molecule has 0 radical (unpaired) electrons. The summed E-state index contributed by atoms with van der Waals surface area (Å²) in [5.74, 6) is 0. The van der Waals surface area contributed by atoms with Crippen molar-refractivity contribution >= 4 is 5.57 Å². The molecule has 1 fully saturated rings. The highest BCUT2D eigenvalue weighted by molar-refractivity contribution is 5.70. The highest BCUT2D eigenvalue weighted by atomic mass is 16.5. The quantitative estimate of drug-likeness (QED) is 0.938. The van der Waals surface area contributed by atoms with Crippen molar-refractivity contribution in [2.75, 3.05) is 13.2 Å². The van der Waals surface area contributed by atoms with Crippen molar-refractivity contribution in [3.05, 3.63) is 77.4 Å². The Hall–Kier alpha value is -1.94. The van der Waals surface area contributed by atoms with Gasteiger partial charge in [-0.1, -0.05) is 60.7 Å². The van der Waals surface area contributed by atoms with E-state index in [9.17, 15) is 5.11 Å². The Labute approximate surface area is 143 Å². The molecule has 0 aromatic heterocycles. The van der Waals surface area contributed by atoms with Crippen LogP contribution in [0.4, 0.5) is 0 Å². The minimum atomic E-state index is 0.0904. The molecule has 24 heavy (non-hydrogen) atoms. The fraction of sp³-hybridized carbons (Fsp3) is 0.333. The van der Waals surface area contributed by atoms with Crippen LogP contribution in [0.1, 0.15) is 23.1 Å². The first-order valence-corrected chi connectivity index (χ1v) is 8.62. The maximum absolute atomic E-state index is 9.64. The van der Waals surface area contributed by atoms with Crippen molar-refractivity contribution < 1.29 is 9.84 Å². The van der Waals surface area contributed by atoms with Crippen molar-refractivity contribution in [1.82, 2.24) is 4.90 Å². The topological polar surface area (TPSA) is 32.7 Å². The van der Waals surface area contributed by atoms with Crippen molar-refractivity contribution in [2.45, 2.75) is 31.7 Å². The molecule has 0 saturated carbocycles. The molecule has 0 aliphatic carbocycles. The van der Waals surface area contributed by atoms with Gasteiger partial charge in [-0.2, -0.15) is 0 Å². The van der Waals surface area contributed by atoms with Crippen molar-refractivity contribution in [3.63, 3.8) is 0 Å². The number of rotatable bonds is 4. The second kappa shape index (κ2) is 6.89. The van der Waals surface area contributed by atoms with E-state index in [0.29, 0.717) is 12.1 Å². The molecule has 1 N–H and O–H groups in total. The van der Waals surface area contributed by atoms with Gasteiger partial charge in [0, 0.05) is 12.6 Å². The molecule has 4 rings (SSSR count). The lowest BCUT2D eigenvalue weighted by Crippen LogP contribution is -2.53. The Balaban J connectivity index is 1.62. The van der Waals surface area contributed by atoms with Crippen LogP contribution in [0.15, 0.2) is 60.7 Å². The van der Waals surface area contributed by atoms with Crippen LogP contribution >= 0.6 is 0 Å². The van der Waals surface area contributed by atoms with Gasteiger partial charge in [-0.15, -0.1) is 0 Å². The summed E-state index contributed by atoms with van der Waals surface area (Å²) in [5, 5.41) is 9.64. The molecule has 2 unspecified atom stereocenters. The van der Waals surface area contributed by atoms with Crippen LogP contribution in [0.25, 0.3) is 5.57 Å². The summed E-state index contributed by atoms with van der Waals surface area (Å²) in [6, 6.07) is 19.5. The normalized spacial score (nSPS) is 23.8. The maximum Gasteiger partial charge on any atom is 0.0687 e. The summed E-state index contributed by atoms with van der Waals surface area (Å²) in [4.78, 5) is 2.56. The molecule has 124 valence electrons. The molecule has 2 aromatic rings. The van der Waals surface area contributed by atoms with Gasteiger partial charge in [0.2, 0.25) is 0 Å². The minimum absolute atomic E-state index is 0.0904. The van der Waals surface area contributed by atoms with E-state index in [4.69, 9.17) is 4.74 Å². The fourth-order valence-electron chi connectivity index (χ4n) is 3.87. The van der Waals surface area contributed by atoms with Crippen LogP contribution in [-0.2, 0) is 17.9 Å². The van der Waals surface area contributed by atoms with Crippen LogP contribution in [-0.4, -0.2) is 35.3 Å². The Morgan fingerprint density at radius 3 is 2.58 bits per heavy atom. The van der Waals surface area contributed by atoms with Gasteiger partial charge in [0.05, 0.1) is 25.9 Å². The molecule has 2 bridgehead atoms. The predicted molar refractivity (Wildman–Crippen MR) is 95.3 cm³/mol. The molecule has 2 heterocycles. The number of ether oxygens (including phenoxy) is 1. The van der Waals surface area contributed by atoms with Crippen LogP contribution in [0.2, 0.25) is 0 Å². The monoisotopic (exact) mass is 321 g/mol. The smallest absolute Gasteiger partial charge is 0.0687 e. The zero-order chi connectivity index (χ0) is 16.4. The Morgan fingerprint density at radius 1 is 1.00 bits per heavy atom. The van der Waals surface area contributed by atoms with E-state index in [1.807, 2.05) is 12.1 Å². The van der Waals surface area contributed by atoms with Crippen molar-refractivity contribution in [2.24, 2.45) is 0 Å². The van der Waals surface area contributed by atoms with Gasteiger partial charge >= 0.3 is 0 Å². The van der Waals surface area contributed by atoms with E-state index in [2.05, 4.69) is 53.4 Å². The molecule has 1 saturated heterocycles. The number of hydrogen-bond donors (Lipinski definition) is 1. The Kier molecular flexibility index (Phi) is 4.48. The van der Waals surface area contributed by atoms with Gasteiger partial charge in [0.15, 0.2) is 0 Å². The molecule has 2 aliphatic rings. The van der Waals surface area contributed by atoms with E-state index in [1.165, 1.54) is 16.7 Å². The van der Waals surface area contributed by atoms with Crippen LogP contribution in [0.5, 0.6) is 0 Å². The number of morpholine rings is 1. The van der Waals surface area contributed by atoms with E-state index in [1.54, 1.807) is 0 Å². The number of nitrogens with zero attached hydrogens (tertiary/aromatic N) is 1. The van der Waals surface area contributed by atoms with Crippen molar-refractivity contribution in [3.8, 4) is 0 Å². The van der Waals surface area contributed by atoms with E-state index >= 15 is 0 Å². The summed E-state index contributed by atoms with van der Waals surface area (Å²) in [5.41, 5.74) is 4.90. The highest BCUT2D eigenvalue weighted by Crippen LogP contribution is 2.34. The Morgan fingerprint density at radius 2 is 1.79 bits per heavy atom. The zero-order valence-electron chi connectivity index (χ0n) is 13.8. The standard InChI is InChI=1S/C21H23NO2/c23-13-17-8-4-5-9-21(17)18-10-19-14-24-15-20(11-18)22(19)12-16-6-2-1-3-7-16/h1-10,19-20,23H,11-15H2. The molecule has 0 amide bonds. The first-order chi connectivity index (χ1) is 11.8. The van der Waals surface area contributed by atoms with Gasteiger partial charge in [0.25, 0.3) is 0 Å². The largest absolute Gasteiger partial charge is 0.392 e. The molecule has 2 aromatic carbocycles. The summed E-state index contributed by atoms with van der Waals surface area (Å²) >= 11 is 0. The van der Waals surface area contributed by atoms with Gasteiger partial charge in [-0.25, -0.2) is 0 Å². The number of fused-ring (bicyclic) bond motifs is 2. The third-order valence-electron chi connectivity index (χ3n) is 5.08. The van der Waals surface area contributed by atoms with Crippen molar-refractivity contribution in [1.29, 1.82) is 0 Å². The second-order valence-corrected chi connectivity index (χ2v) is 6.63. The summed E-state index contributed by atoms with van der Waals surface area (Å²) in [6.07, 6.45) is 3.31. The number of aliphatic hydroxyl groups is 1. The lowest BCUT2D eigenvalue weighted by Gasteiger charge is -2.45. The minimum Gasteiger partial charge on any atom is -0.392 e. The van der Waals surface area contributed by atoms with Gasteiger partial charge in [-0.3, -0.25) is 4.90 Å². The van der Waals surface area contributed by atoms with Crippen LogP contribution < -0.4 is 0 Å². The van der Waals surface area contributed by atoms with Gasteiger partial charge in [-0.05, 0) is 28.7 Å². The van der Waals surface area contributed by atoms with E-state index in [0.717, 1.165) is 31.7 Å². The molecular weight excluding hydrogens is 298 g/mol. The molecule has 0 spiro atoms. The lowest BCUT2D eigenvalue weighted by atomic mass is 9.87. The molecule has 3 nitrogen and oxygen atoms in total. The molecule has 3 heteroatoms. The van der Waals surface area contributed by atoms with Crippen LogP contribution in [0.3, 0.4) is 0 Å². The summed E-state index contributed by atoms with van der Waals surface area (Å²) < 4.78 is 5.81. The maximum atomic E-state index is 9.64. The molecule has 2 atom stereocenters. The van der Waals surface area contributed by atoms with Crippen LogP contribution in [0, 0.1) is 0 Å². The zero-order valence-corrected chi connectivity index (χ0v) is 13.8. The predicted octanol–water partition coefficient (Wildman–Crippen LogP) is 3.24. The highest BCUT2D eigenvalue weighted by Gasteiger charge is 2.35. The average Bonchev–Trinajstić information content (AvgIpc) is 2.62. The fourth-order valence-corrected chi connectivity index (χ4v) is 3.87. The van der Waals surface area contributed by atoms with Gasteiger partial charge < -0.3 is 9.84 Å². The average molecular weight is 321 g/mol. The molecular formula is C21H23NO2. The van der Waals surface area contributed by atoms with Gasteiger partial charge in [0.1, 0.15) is 0 Å². The first-order valence-electron chi connectivity index (χ1n) is 8.62. The van der Waals surface area contributed by atoms with E-state index < -0.39 is 0 Å². The Bertz CT molecular complexity index is 726. The second-order valence-electron chi connectivity index (χ2n) is 6.63. The number of aliphatic hydroxyl groups excluding tert-OH is 1. The molecule has 2 aliphatic heterocycles.